The standard InChI is InChI=1S/C16H17ClN2O3S/c1-2-3-8-18-14(20)9-22-16(21)13-10-23-15(19-13)11-4-6-12(17)7-5-11/h4-7,10H,2-3,8-9H2,1H3,(H,18,20). The first-order valence-corrected chi connectivity index (χ1v) is 8.51. The molecule has 122 valence electrons. The molecule has 0 unspecified atom stereocenters. The van der Waals surface area contributed by atoms with E-state index in [0.717, 1.165) is 18.4 Å². The Morgan fingerprint density at radius 3 is 2.74 bits per heavy atom. The van der Waals surface area contributed by atoms with Crippen molar-refractivity contribution >= 4 is 34.8 Å². The van der Waals surface area contributed by atoms with Gasteiger partial charge in [-0.15, -0.1) is 11.3 Å². The molecule has 7 heteroatoms. The van der Waals surface area contributed by atoms with Gasteiger partial charge in [-0.25, -0.2) is 9.78 Å². The topological polar surface area (TPSA) is 68.3 Å². The largest absolute Gasteiger partial charge is 0.451 e. The minimum atomic E-state index is -0.605. The van der Waals surface area contributed by atoms with Gasteiger partial charge in [0.15, 0.2) is 12.3 Å². The maximum absolute atomic E-state index is 11.9. The highest BCUT2D eigenvalue weighted by atomic mass is 35.5. The van der Waals surface area contributed by atoms with E-state index in [1.54, 1.807) is 17.5 Å². The fourth-order valence-electron chi connectivity index (χ4n) is 1.75. The van der Waals surface area contributed by atoms with Crippen molar-refractivity contribution in [3.63, 3.8) is 0 Å². The molecule has 0 aliphatic heterocycles. The van der Waals surface area contributed by atoms with Crippen LogP contribution in [0.1, 0.15) is 30.3 Å². The van der Waals surface area contributed by atoms with Crippen LogP contribution in [0.2, 0.25) is 5.02 Å². The molecule has 0 radical (unpaired) electrons. The van der Waals surface area contributed by atoms with Crippen molar-refractivity contribution in [3.05, 3.63) is 40.4 Å². The second-order valence-corrected chi connectivity index (χ2v) is 6.12. The lowest BCUT2D eigenvalue weighted by molar-refractivity contribution is -0.124. The number of thiazole rings is 1. The Kier molecular flexibility index (Phi) is 6.55. The molecule has 0 saturated carbocycles. The molecule has 1 aromatic carbocycles. The molecule has 1 N–H and O–H groups in total. The molecule has 23 heavy (non-hydrogen) atoms. The Morgan fingerprint density at radius 2 is 2.04 bits per heavy atom. The van der Waals surface area contributed by atoms with Gasteiger partial charge in [-0.05, 0) is 18.6 Å². The van der Waals surface area contributed by atoms with Crippen LogP contribution in [0.5, 0.6) is 0 Å². The molecule has 0 fully saturated rings. The summed E-state index contributed by atoms with van der Waals surface area (Å²) >= 11 is 7.17. The Morgan fingerprint density at radius 1 is 1.30 bits per heavy atom. The molecule has 1 amide bonds. The number of rotatable bonds is 7. The molecule has 0 saturated heterocycles. The first-order chi connectivity index (χ1) is 11.1. The molecule has 0 spiro atoms. The van der Waals surface area contributed by atoms with Crippen molar-refractivity contribution in [1.29, 1.82) is 0 Å². The van der Waals surface area contributed by atoms with Crippen molar-refractivity contribution in [2.75, 3.05) is 13.2 Å². The van der Waals surface area contributed by atoms with E-state index < -0.39 is 5.97 Å². The van der Waals surface area contributed by atoms with Gasteiger partial charge in [-0.2, -0.15) is 0 Å². The first-order valence-electron chi connectivity index (χ1n) is 7.25. The molecule has 2 rings (SSSR count). The highest BCUT2D eigenvalue weighted by molar-refractivity contribution is 7.13. The van der Waals surface area contributed by atoms with Crippen LogP contribution in [-0.4, -0.2) is 30.0 Å². The predicted molar refractivity (Wildman–Crippen MR) is 90.8 cm³/mol. The van der Waals surface area contributed by atoms with Crippen LogP contribution >= 0.6 is 22.9 Å². The summed E-state index contributed by atoms with van der Waals surface area (Å²) in [6, 6.07) is 7.18. The average molecular weight is 353 g/mol. The quantitative estimate of drug-likeness (QED) is 0.611. The lowest BCUT2D eigenvalue weighted by atomic mass is 10.2. The number of benzene rings is 1. The molecule has 2 aromatic rings. The normalized spacial score (nSPS) is 10.3. The molecule has 1 aromatic heterocycles. The maximum atomic E-state index is 11.9. The second-order valence-electron chi connectivity index (χ2n) is 4.82. The number of hydrogen-bond donors (Lipinski definition) is 1. The lowest BCUT2D eigenvalue weighted by Crippen LogP contribution is -2.29. The summed E-state index contributed by atoms with van der Waals surface area (Å²) in [7, 11) is 0. The Balaban J connectivity index is 1.88. The highest BCUT2D eigenvalue weighted by Crippen LogP contribution is 2.25. The summed E-state index contributed by atoms with van der Waals surface area (Å²) in [6.45, 7) is 2.33. The number of nitrogens with zero attached hydrogens (tertiary/aromatic N) is 1. The van der Waals surface area contributed by atoms with Crippen LogP contribution in [0.3, 0.4) is 0 Å². The van der Waals surface area contributed by atoms with Gasteiger partial charge in [-0.3, -0.25) is 4.79 Å². The summed E-state index contributed by atoms with van der Waals surface area (Å²) in [5, 5.41) is 5.63. The summed E-state index contributed by atoms with van der Waals surface area (Å²) in [5.41, 5.74) is 1.07. The van der Waals surface area contributed by atoms with Crippen molar-refractivity contribution in [2.24, 2.45) is 0 Å². The molecular formula is C16H17ClN2O3S. The first kappa shape index (κ1) is 17.4. The van der Waals surface area contributed by atoms with Crippen molar-refractivity contribution < 1.29 is 14.3 Å². The zero-order valence-electron chi connectivity index (χ0n) is 12.7. The molecule has 0 aliphatic carbocycles. The van der Waals surface area contributed by atoms with Gasteiger partial charge < -0.3 is 10.1 Å². The Labute approximate surface area is 143 Å². The number of aromatic nitrogens is 1. The predicted octanol–water partition coefficient (Wildman–Crippen LogP) is 3.54. The fourth-order valence-corrected chi connectivity index (χ4v) is 2.67. The molecule has 0 atom stereocenters. The molecular weight excluding hydrogens is 336 g/mol. The third kappa shape index (κ3) is 5.33. The van der Waals surface area contributed by atoms with Crippen molar-refractivity contribution in [1.82, 2.24) is 10.3 Å². The van der Waals surface area contributed by atoms with E-state index in [-0.39, 0.29) is 18.2 Å². The number of hydrogen-bond acceptors (Lipinski definition) is 5. The monoisotopic (exact) mass is 352 g/mol. The van der Waals surface area contributed by atoms with E-state index in [1.807, 2.05) is 19.1 Å². The van der Waals surface area contributed by atoms with Gasteiger partial charge >= 0.3 is 5.97 Å². The van der Waals surface area contributed by atoms with Crippen LogP contribution in [0.4, 0.5) is 0 Å². The van der Waals surface area contributed by atoms with Crippen molar-refractivity contribution in [2.45, 2.75) is 19.8 Å². The summed E-state index contributed by atoms with van der Waals surface area (Å²) in [6.07, 6.45) is 1.89. The van der Waals surface area contributed by atoms with Gasteiger partial charge in [0.1, 0.15) is 5.01 Å². The van der Waals surface area contributed by atoms with E-state index in [4.69, 9.17) is 16.3 Å². The van der Waals surface area contributed by atoms with Gasteiger partial charge in [-0.1, -0.05) is 37.1 Å². The molecule has 1 heterocycles. The van der Waals surface area contributed by atoms with E-state index in [9.17, 15) is 9.59 Å². The van der Waals surface area contributed by atoms with Crippen LogP contribution in [0, 0.1) is 0 Å². The number of carbonyl (C=O) groups is 2. The Bertz CT molecular complexity index is 670. The van der Waals surface area contributed by atoms with Crippen LogP contribution in [0.25, 0.3) is 10.6 Å². The van der Waals surface area contributed by atoms with Gasteiger partial charge in [0, 0.05) is 22.5 Å². The smallest absolute Gasteiger partial charge is 0.358 e. The minimum Gasteiger partial charge on any atom is -0.451 e. The lowest BCUT2D eigenvalue weighted by Gasteiger charge is -2.04. The number of ether oxygens (including phenoxy) is 1. The van der Waals surface area contributed by atoms with Crippen molar-refractivity contribution in [3.8, 4) is 10.6 Å². The number of amides is 1. The highest BCUT2D eigenvalue weighted by Gasteiger charge is 2.14. The third-order valence-corrected chi connectivity index (χ3v) is 4.13. The van der Waals surface area contributed by atoms with Crippen LogP contribution in [-0.2, 0) is 9.53 Å². The van der Waals surface area contributed by atoms with Crippen LogP contribution < -0.4 is 5.32 Å². The second kappa shape index (κ2) is 8.64. The van der Waals surface area contributed by atoms with Gasteiger partial charge in [0.05, 0.1) is 0 Å². The number of nitrogens with one attached hydrogen (secondary N) is 1. The van der Waals surface area contributed by atoms with E-state index in [1.165, 1.54) is 11.3 Å². The summed E-state index contributed by atoms with van der Waals surface area (Å²) in [4.78, 5) is 27.6. The number of carbonyl (C=O) groups excluding carboxylic acids is 2. The molecule has 0 bridgehead atoms. The average Bonchev–Trinajstić information content (AvgIpc) is 3.03. The zero-order valence-corrected chi connectivity index (χ0v) is 14.2. The third-order valence-electron chi connectivity index (χ3n) is 2.99. The van der Waals surface area contributed by atoms with Crippen LogP contribution in [0.15, 0.2) is 29.6 Å². The van der Waals surface area contributed by atoms with E-state index >= 15 is 0 Å². The Hall–Kier alpha value is -1.92. The minimum absolute atomic E-state index is 0.196. The molecule has 5 nitrogen and oxygen atoms in total. The van der Waals surface area contributed by atoms with E-state index in [0.29, 0.717) is 16.6 Å². The zero-order chi connectivity index (χ0) is 16.7. The maximum Gasteiger partial charge on any atom is 0.358 e. The number of halogens is 1. The number of unbranched alkanes of at least 4 members (excludes halogenated alkanes) is 1. The van der Waals surface area contributed by atoms with Gasteiger partial charge in [0.25, 0.3) is 5.91 Å². The van der Waals surface area contributed by atoms with E-state index in [2.05, 4.69) is 10.3 Å². The SMILES string of the molecule is CCCCNC(=O)COC(=O)c1csc(-c2ccc(Cl)cc2)n1. The number of esters is 1. The summed E-state index contributed by atoms with van der Waals surface area (Å²) in [5.74, 6) is -0.910. The fraction of sp³-hybridized carbons (Fsp3) is 0.312. The summed E-state index contributed by atoms with van der Waals surface area (Å²) < 4.78 is 4.96. The molecule has 0 aliphatic rings. The van der Waals surface area contributed by atoms with Gasteiger partial charge in [0.2, 0.25) is 0 Å².